The van der Waals surface area contributed by atoms with Gasteiger partial charge in [-0.1, -0.05) is 28.9 Å². The van der Waals surface area contributed by atoms with Gasteiger partial charge in [-0.2, -0.15) is 0 Å². The fourth-order valence-electron chi connectivity index (χ4n) is 0.979. The third-order valence-corrected chi connectivity index (χ3v) is 3.24. The van der Waals surface area contributed by atoms with Crippen molar-refractivity contribution in [2.75, 3.05) is 18.0 Å². The molecule has 0 amide bonds. The van der Waals surface area contributed by atoms with Crippen molar-refractivity contribution in [1.29, 1.82) is 0 Å². The second kappa shape index (κ2) is 5.20. The number of aromatic nitrogens is 1. The molecule has 1 heterocycles. The van der Waals surface area contributed by atoms with Crippen LogP contribution in [0.3, 0.4) is 0 Å². The van der Waals surface area contributed by atoms with Crippen LogP contribution in [0, 0.1) is 12.3 Å². The SMILES string of the molecule is C#CCN(CC)c1nc(Cl)c(CO)s1. The van der Waals surface area contributed by atoms with E-state index in [2.05, 4.69) is 10.9 Å². The van der Waals surface area contributed by atoms with E-state index in [1.165, 1.54) is 11.3 Å². The Morgan fingerprint density at radius 2 is 2.43 bits per heavy atom. The van der Waals surface area contributed by atoms with Crippen LogP contribution in [-0.2, 0) is 6.61 Å². The number of nitrogens with zero attached hydrogens (tertiary/aromatic N) is 2. The van der Waals surface area contributed by atoms with Crippen LogP contribution in [0.15, 0.2) is 0 Å². The number of halogens is 1. The summed E-state index contributed by atoms with van der Waals surface area (Å²) in [4.78, 5) is 6.73. The fraction of sp³-hybridized carbons (Fsp3) is 0.444. The molecule has 1 N–H and O–H groups in total. The van der Waals surface area contributed by atoms with Crippen LogP contribution in [0.5, 0.6) is 0 Å². The summed E-state index contributed by atoms with van der Waals surface area (Å²) < 4.78 is 0. The summed E-state index contributed by atoms with van der Waals surface area (Å²) in [6.07, 6.45) is 5.22. The van der Waals surface area contributed by atoms with Crippen molar-refractivity contribution in [3.63, 3.8) is 0 Å². The summed E-state index contributed by atoms with van der Waals surface area (Å²) in [5.74, 6) is 2.55. The van der Waals surface area contributed by atoms with Crippen LogP contribution in [0.4, 0.5) is 5.13 Å². The third-order valence-electron chi connectivity index (χ3n) is 1.72. The molecule has 0 fully saturated rings. The van der Waals surface area contributed by atoms with Gasteiger partial charge in [0.05, 0.1) is 18.0 Å². The number of rotatable bonds is 4. The van der Waals surface area contributed by atoms with Crippen LogP contribution in [-0.4, -0.2) is 23.2 Å². The van der Waals surface area contributed by atoms with Gasteiger partial charge < -0.3 is 10.0 Å². The summed E-state index contributed by atoms with van der Waals surface area (Å²) in [7, 11) is 0. The molecule has 0 bridgehead atoms. The van der Waals surface area contributed by atoms with Gasteiger partial charge in [-0.25, -0.2) is 4.98 Å². The first-order chi connectivity index (χ1) is 6.72. The summed E-state index contributed by atoms with van der Waals surface area (Å²) in [6, 6.07) is 0. The van der Waals surface area contributed by atoms with E-state index < -0.39 is 0 Å². The lowest BCUT2D eigenvalue weighted by atomic mass is 10.5. The quantitative estimate of drug-likeness (QED) is 0.801. The molecule has 0 unspecified atom stereocenters. The minimum atomic E-state index is -0.0793. The minimum absolute atomic E-state index is 0.0793. The Bertz CT molecular complexity index is 345. The molecule has 0 saturated carbocycles. The molecule has 0 aliphatic heterocycles. The van der Waals surface area contributed by atoms with E-state index in [1.54, 1.807) is 0 Å². The van der Waals surface area contributed by atoms with Crippen molar-refractivity contribution in [3.05, 3.63) is 10.0 Å². The van der Waals surface area contributed by atoms with Gasteiger partial charge in [0.2, 0.25) is 0 Å². The molecule has 0 radical (unpaired) electrons. The Morgan fingerprint density at radius 1 is 1.71 bits per heavy atom. The zero-order chi connectivity index (χ0) is 10.6. The molecule has 14 heavy (non-hydrogen) atoms. The minimum Gasteiger partial charge on any atom is -0.391 e. The van der Waals surface area contributed by atoms with Gasteiger partial charge in [-0.05, 0) is 6.92 Å². The van der Waals surface area contributed by atoms with Crippen LogP contribution >= 0.6 is 22.9 Å². The van der Waals surface area contributed by atoms with Crippen molar-refractivity contribution in [1.82, 2.24) is 4.98 Å². The molecule has 3 nitrogen and oxygen atoms in total. The van der Waals surface area contributed by atoms with Gasteiger partial charge in [0.15, 0.2) is 5.13 Å². The molecule has 1 rings (SSSR count). The van der Waals surface area contributed by atoms with Crippen molar-refractivity contribution in [2.24, 2.45) is 0 Å². The summed E-state index contributed by atoms with van der Waals surface area (Å²) in [5.41, 5.74) is 0. The molecule has 0 spiro atoms. The second-order valence-corrected chi connectivity index (χ2v) is 4.01. The highest BCUT2D eigenvalue weighted by atomic mass is 35.5. The molecular weight excluding hydrogens is 220 g/mol. The molecule has 0 saturated heterocycles. The zero-order valence-corrected chi connectivity index (χ0v) is 9.40. The Hall–Kier alpha value is -0.760. The lowest BCUT2D eigenvalue weighted by Crippen LogP contribution is -2.22. The molecule has 0 atom stereocenters. The highest BCUT2D eigenvalue weighted by Gasteiger charge is 2.12. The van der Waals surface area contributed by atoms with Crippen LogP contribution < -0.4 is 4.90 Å². The first-order valence-electron chi connectivity index (χ1n) is 4.17. The van der Waals surface area contributed by atoms with Crippen LogP contribution in [0.2, 0.25) is 5.15 Å². The molecule has 76 valence electrons. The first kappa shape index (κ1) is 11.3. The number of thiazole rings is 1. The monoisotopic (exact) mass is 230 g/mol. The highest BCUT2D eigenvalue weighted by Crippen LogP contribution is 2.29. The molecule has 5 heteroatoms. The van der Waals surface area contributed by atoms with E-state index in [0.29, 0.717) is 16.6 Å². The topological polar surface area (TPSA) is 36.4 Å². The highest BCUT2D eigenvalue weighted by molar-refractivity contribution is 7.16. The van der Waals surface area contributed by atoms with Gasteiger partial charge in [0.25, 0.3) is 0 Å². The van der Waals surface area contributed by atoms with Crippen LogP contribution in [0.1, 0.15) is 11.8 Å². The average Bonchev–Trinajstić information content (AvgIpc) is 2.56. The predicted octanol–water partition coefficient (Wildman–Crippen LogP) is 1.75. The van der Waals surface area contributed by atoms with Gasteiger partial charge in [-0.15, -0.1) is 6.42 Å². The normalized spacial score (nSPS) is 9.86. The van der Waals surface area contributed by atoms with Crippen molar-refractivity contribution >= 4 is 28.1 Å². The van der Waals surface area contributed by atoms with Gasteiger partial charge in [0.1, 0.15) is 5.15 Å². The van der Waals surface area contributed by atoms with E-state index in [0.717, 1.165) is 11.7 Å². The second-order valence-electron chi connectivity index (χ2n) is 2.59. The summed E-state index contributed by atoms with van der Waals surface area (Å²) in [5, 5.41) is 10.1. The number of terminal acetylenes is 1. The van der Waals surface area contributed by atoms with E-state index in [4.69, 9.17) is 23.1 Å². The van der Waals surface area contributed by atoms with E-state index in [9.17, 15) is 0 Å². The number of aliphatic hydroxyl groups is 1. The molecule has 1 aromatic rings. The van der Waals surface area contributed by atoms with E-state index in [-0.39, 0.29) is 6.61 Å². The maximum Gasteiger partial charge on any atom is 0.187 e. The smallest absolute Gasteiger partial charge is 0.187 e. The van der Waals surface area contributed by atoms with E-state index >= 15 is 0 Å². The van der Waals surface area contributed by atoms with E-state index in [1.807, 2.05) is 11.8 Å². The standard InChI is InChI=1S/C9H11ClN2OS/c1-3-5-12(4-2)9-11-8(10)7(6-13)14-9/h1,13H,4-6H2,2H3. The van der Waals surface area contributed by atoms with Crippen molar-refractivity contribution in [3.8, 4) is 12.3 Å². The Kier molecular flexibility index (Phi) is 4.21. The predicted molar refractivity (Wildman–Crippen MR) is 59.8 cm³/mol. The Balaban J connectivity index is 2.89. The maximum absolute atomic E-state index is 8.94. The molecule has 0 aliphatic carbocycles. The van der Waals surface area contributed by atoms with Gasteiger partial charge in [0, 0.05) is 6.54 Å². The average molecular weight is 231 g/mol. The molecule has 0 aromatic carbocycles. The summed E-state index contributed by atoms with van der Waals surface area (Å²) in [6.45, 7) is 3.19. The van der Waals surface area contributed by atoms with Crippen LogP contribution in [0.25, 0.3) is 0 Å². The molecule has 0 aliphatic rings. The number of hydrogen-bond acceptors (Lipinski definition) is 4. The number of aliphatic hydroxyl groups excluding tert-OH is 1. The van der Waals surface area contributed by atoms with Crippen molar-refractivity contribution < 1.29 is 5.11 Å². The fourth-order valence-corrected chi connectivity index (χ4v) is 2.16. The number of hydrogen-bond donors (Lipinski definition) is 1. The first-order valence-corrected chi connectivity index (χ1v) is 5.36. The summed E-state index contributed by atoms with van der Waals surface area (Å²) >= 11 is 7.18. The third kappa shape index (κ3) is 2.38. The maximum atomic E-state index is 8.94. The largest absolute Gasteiger partial charge is 0.391 e. The molecular formula is C9H11ClN2OS. The zero-order valence-electron chi connectivity index (χ0n) is 7.83. The van der Waals surface area contributed by atoms with Gasteiger partial charge in [-0.3, -0.25) is 0 Å². The Labute approximate surface area is 92.3 Å². The van der Waals surface area contributed by atoms with Gasteiger partial charge >= 0.3 is 0 Å². The Morgan fingerprint density at radius 3 is 2.86 bits per heavy atom. The molecule has 1 aromatic heterocycles. The van der Waals surface area contributed by atoms with Crippen molar-refractivity contribution in [2.45, 2.75) is 13.5 Å². The number of anilines is 1. The lowest BCUT2D eigenvalue weighted by Gasteiger charge is -2.15. The lowest BCUT2D eigenvalue weighted by molar-refractivity contribution is 0.285.